The molecular formula is C17H14Cl2N2O2. The second kappa shape index (κ2) is 6.22. The quantitative estimate of drug-likeness (QED) is 0.689. The van der Waals surface area contributed by atoms with E-state index in [2.05, 4.69) is 10.3 Å². The Bertz CT molecular complexity index is 887. The highest BCUT2D eigenvalue weighted by Crippen LogP contribution is 2.32. The minimum absolute atomic E-state index is 0.0467. The Morgan fingerprint density at radius 3 is 2.74 bits per heavy atom. The summed E-state index contributed by atoms with van der Waals surface area (Å²) in [4.78, 5) is 16.2. The molecule has 3 aromatic rings. The molecule has 0 unspecified atom stereocenters. The molecule has 0 saturated carbocycles. The van der Waals surface area contributed by atoms with Gasteiger partial charge in [0.25, 0.3) is 0 Å². The lowest BCUT2D eigenvalue weighted by Gasteiger charge is -2.08. The average Bonchev–Trinajstić information content (AvgIpc) is 2.91. The second-order valence-electron chi connectivity index (χ2n) is 5.48. The number of halogens is 2. The number of hydrogen-bond acceptors (Lipinski definition) is 3. The minimum Gasteiger partial charge on any atom is -0.435 e. The molecule has 0 aliphatic carbocycles. The third-order valence-electron chi connectivity index (χ3n) is 3.31. The molecule has 0 radical (unpaired) electrons. The van der Waals surface area contributed by atoms with Crippen LogP contribution in [0.3, 0.4) is 0 Å². The molecule has 0 bridgehead atoms. The van der Waals surface area contributed by atoms with E-state index >= 15 is 0 Å². The van der Waals surface area contributed by atoms with E-state index in [-0.39, 0.29) is 11.8 Å². The fourth-order valence-electron chi connectivity index (χ4n) is 2.10. The van der Waals surface area contributed by atoms with Crippen LogP contribution in [0.15, 0.2) is 40.8 Å². The highest BCUT2D eigenvalue weighted by molar-refractivity contribution is 6.38. The van der Waals surface area contributed by atoms with E-state index in [1.807, 2.05) is 32.0 Å². The standard InChI is InChI=1S/C17H14Cl2N2O2/c1-9(2)16(22)20-12-5-3-4-10(6-12)17-21-14-8-11(18)7-13(19)15(14)23-17/h3-9H,1-2H3,(H,20,22). The maximum Gasteiger partial charge on any atom is 0.227 e. The average molecular weight is 349 g/mol. The Kier molecular flexibility index (Phi) is 4.28. The van der Waals surface area contributed by atoms with E-state index in [1.54, 1.807) is 18.2 Å². The first-order valence-corrected chi connectivity index (χ1v) is 7.86. The number of amides is 1. The van der Waals surface area contributed by atoms with Crippen molar-refractivity contribution in [2.75, 3.05) is 5.32 Å². The van der Waals surface area contributed by atoms with E-state index in [1.165, 1.54) is 0 Å². The third kappa shape index (κ3) is 3.33. The molecule has 0 fully saturated rings. The number of carbonyl (C=O) groups is 1. The third-order valence-corrected chi connectivity index (χ3v) is 3.81. The van der Waals surface area contributed by atoms with Crippen molar-refractivity contribution < 1.29 is 9.21 Å². The van der Waals surface area contributed by atoms with Crippen molar-refractivity contribution in [2.45, 2.75) is 13.8 Å². The van der Waals surface area contributed by atoms with Gasteiger partial charge < -0.3 is 9.73 Å². The molecule has 0 atom stereocenters. The number of anilines is 1. The molecule has 4 nitrogen and oxygen atoms in total. The highest BCUT2D eigenvalue weighted by atomic mass is 35.5. The summed E-state index contributed by atoms with van der Waals surface area (Å²) in [5, 5.41) is 3.76. The van der Waals surface area contributed by atoms with Crippen LogP contribution in [-0.4, -0.2) is 10.9 Å². The Balaban J connectivity index is 1.99. The van der Waals surface area contributed by atoms with Crippen LogP contribution >= 0.6 is 23.2 Å². The molecule has 1 amide bonds. The van der Waals surface area contributed by atoms with Gasteiger partial charge in [0.15, 0.2) is 5.58 Å². The summed E-state index contributed by atoms with van der Waals surface area (Å²) in [6, 6.07) is 10.6. The topological polar surface area (TPSA) is 55.1 Å². The summed E-state index contributed by atoms with van der Waals surface area (Å²) in [7, 11) is 0. The first-order chi connectivity index (χ1) is 10.9. The lowest BCUT2D eigenvalue weighted by Crippen LogP contribution is -2.17. The maximum absolute atomic E-state index is 11.8. The van der Waals surface area contributed by atoms with Crippen molar-refractivity contribution in [2.24, 2.45) is 5.92 Å². The van der Waals surface area contributed by atoms with Gasteiger partial charge in [-0.1, -0.05) is 43.1 Å². The van der Waals surface area contributed by atoms with Gasteiger partial charge in [0.05, 0.1) is 5.02 Å². The number of benzene rings is 2. The first kappa shape index (κ1) is 15.8. The molecule has 1 N–H and O–H groups in total. The lowest BCUT2D eigenvalue weighted by molar-refractivity contribution is -0.118. The summed E-state index contributed by atoms with van der Waals surface area (Å²) < 4.78 is 5.73. The van der Waals surface area contributed by atoms with Crippen LogP contribution in [0.2, 0.25) is 10.0 Å². The molecule has 23 heavy (non-hydrogen) atoms. The van der Waals surface area contributed by atoms with Gasteiger partial charge >= 0.3 is 0 Å². The first-order valence-electron chi connectivity index (χ1n) is 7.11. The van der Waals surface area contributed by atoms with Gasteiger partial charge in [0.1, 0.15) is 5.52 Å². The molecule has 0 aliphatic rings. The zero-order valence-electron chi connectivity index (χ0n) is 12.6. The summed E-state index contributed by atoms with van der Waals surface area (Å²) in [6.45, 7) is 3.68. The second-order valence-corrected chi connectivity index (χ2v) is 6.32. The van der Waals surface area contributed by atoms with Gasteiger partial charge in [-0.2, -0.15) is 0 Å². The van der Waals surface area contributed by atoms with Crippen molar-refractivity contribution in [3.8, 4) is 11.5 Å². The summed E-state index contributed by atoms with van der Waals surface area (Å²) >= 11 is 12.1. The van der Waals surface area contributed by atoms with Gasteiger partial charge in [0, 0.05) is 22.2 Å². The normalized spacial score (nSPS) is 11.2. The predicted octanol–water partition coefficient (Wildman–Crippen LogP) is 5.40. The fourth-order valence-corrected chi connectivity index (χ4v) is 2.62. The number of rotatable bonds is 3. The van der Waals surface area contributed by atoms with Crippen LogP contribution in [0.1, 0.15) is 13.8 Å². The number of hydrogen-bond donors (Lipinski definition) is 1. The van der Waals surface area contributed by atoms with Crippen molar-refractivity contribution >= 4 is 45.9 Å². The lowest BCUT2D eigenvalue weighted by atomic mass is 10.1. The van der Waals surface area contributed by atoms with Crippen LogP contribution in [0, 0.1) is 5.92 Å². The zero-order chi connectivity index (χ0) is 16.6. The predicted molar refractivity (Wildman–Crippen MR) is 92.9 cm³/mol. The van der Waals surface area contributed by atoms with Gasteiger partial charge in [0.2, 0.25) is 11.8 Å². The van der Waals surface area contributed by atoms with Crippen LogP contribution in [-0.2, 0) is 4.79 Å². The Morgan fingerprint density at radius 1 is 1.22 bits per heavy atom. The van der Waals surface area contributed by atoms with Crippen molar-refractivity contribution in [3.63, 3.8) is 0 Å². The molecule has 0 aliphatic heterocycles. The SMILES string of the molecule is CC(C)C(=O)Nc1cccc(-c2nc3cc(Cl)cc(Cl)c3o2)c1. The summed E-state index contributed by atoms with van der Waals surface area (Å²) in [6.07, 6.45) is 0. The molecule has 118 valence electrons. The molecule has 0 spiro atoms. The van der Waals surface area contributed by atoms with Gasteiger partial charge in [-0.15, -0.1) is 0 Å². The molecule has 0 saturated heterocycles. The minimum atomic E-state index is -0.0936. The Hall–Kier alpha value is -2.04. The van der Waals surface area contributed by atoms with Crippen LogP contribution in [0.4, 0.5) is 5.69 Å². The molecule has 1 heterocycles. The largest absolute Gasteiger partial charge is 0.435 e. The van der Waals surface area contributed by atoms with Gasteiger partial charge in [-0.05, 0) is 30.3 Å². The number of carbonyl (C=O) groups excluding carboxylic acids is 1. The molecule has 1 aromatic heterocycles. The Labute approximate surface area is 143 Å². The van der Waals surface area contributed by atoms with E-state index in [0.29, 0.717) is 32.7 Å². The van der Waals surface area contributed by atoms with Crippen molar-refractivity contribution in [1.82, 2.24) is 4.98 Å². The number of fused-ring (bicyclic) bond motifs is 1. The van der Waals surface area contributed by atoms with Crippen LogP contribution in [0.5, 0.6) is 0 Å². The van der Waals surface area contributed by atoms with Crippen molar-refractivity contribution in [3.05, 3.63) is 46.4 Å². The molecular weight excluding hydrogens is 335 g/mol. The van der Waals surface area contributed by atoms with E-state index in [0.717, 1.165) is 5.56 Å². The highest BCUT2D eigenvalue weighted by Gasteiger charge is 2.13. The van der Waals surface area contributed by atoms with Crippen LogP contribution < -0.4 is 5.32 Å². The van der Waals surface area contributed by atoms with E-state index in [4.69, 9.17) is 27.6 Å². The monoisotopic (exact) mass is 348 g/mol. The summed E-state index contributed by atoms with van der Waals surface area (Å²) in [5.41, 5.74) is 2.51. The van der Waals surface area contributed by atoms with E-state index in [9.17, 15) is 4.79 Å². The van der Waals surface area contributed by atoms with Gasteiger partial charge in [-0.3, -0.25) is 4.79 Å². The number of nitrogens with one attached hydrogen (secondary N) is 1. The number of nitrogens with zero attached hydrogens (tertiary/aromatic N) is 1. The number of aromatic nitrogens is 1. The number of oxazole rings is 1. The zero-order valence-corrected chi connectivity index (χ0v) is 14.1. The van der Waals surface area contributed by atoms with Gasteiger partial charge in [-0.25, -0.2) is 4.98 Å². The molecule has 3 rings (SSSR count). The van der Waals surface area contributed by atoms with E-state index < -0.39 is 0 Å². The summed E-state index contributed by atoms with van der Waals surface area (Å²) in [5.74, 6) is 0.281. The Morgan fingerprint density at radius 2 is 2.00 bits per heavy atom. The smallest absolute Gasteiger partial charge is 0.227 e. The van der Waals surface area contributed by atoms with Crippen LogP contribution in [0.25, 0.3) is 22.6 Å². The fraction of sp³-hybridized carbons (Fsp3) is 0.176. The molecule has 6 heteroatoms. The van der Waals surface area contributed by atoms with Crippen molar-refractivity contribution in [1.29, 1.82) is 0 Å². The molecule has 2 aromatic carbocycles. The maximum atomic E-state index is 11.8.